The molecular formula is C14H21ClN4O2. The van der Waals surface area contributed by atoms with E-state index in [1.807, 2.05) is 34.7 Å². The monoisotopic (exact) mass is 312 g/mol. The molecule has 2 rings (SSSR count). The fourth-order valence-corrected chi connectivity index (χ4v) is 2.79. The quantitative estimate of drug-likeness (QED) is 0.849. The molecule has 1 N–H and O–H groups in total. The fraction of sp³-hybridized carbons (Fsp3) is 0.643. The number of aryl methyl sites for hydroxylation is 1. The van der Waals surface area contributed by atoms with Gasteiger partial charge < -0.3 is 15.0 Å². The molecule has 0 saturated heterocycles. The first-order chi connectivity index (χ1) is 9.60. The third-order valence-electron chi connectivity index (χ3n) is 3.30. The highest BCUT2D eigenvalue weighted by atomic mass is 35.5. The summed E-state index contributed by atoms with van der Waals surface area (Å²) in [5, 5.41) is 3.02. The lowest BCUT2D eigenvalue weighted by atomic mass is 10.1. The van der Waals surface area contributed by atoms with Gasteiger partial charge in [-0.3, -0.25) is 4.79 Å². The third-order valence-corrected chi connectivity index (χ3v) is 3.46. The van der Waals surface area contributed by atoms with E-state index in [4.69, 9.17) is 16.3 Å². The molecular weight excluding hydrogens is 292 g/mol. The highest BCUT2D eigenvalue weighted by Crippen LogP contribution is 2.33. The molecule has 6 nitrogen and oxygen atoms in total. The molecule has 0 unspecified atom stereocenters. The lowest BCUT2D eigenvalue weighted by Crippen LogP contribution is -2.54. The average Bonchev–Trinajstić information content (AvgIpc) is 2.28. The smallest absolute Gasteiger partial charge is 0.249 e. The van der Waals surface area contributed by atoms with Crippen molar-refractivity contribution in [1.29, 1.82) is 0 Å². The Kier molecular flexibility index (Phi) is 4.13. The van der Waals surface area contributed by atoms with E-state index in [2.05, 4.69) is 15.3 Å². The summed E-state index contributed by atoms with van der Waals surface area (Å²) < 4.78 is 5.91. The second kappa shape index (κ2) is 5.42. The van der Waals surface area contributed by atoms with E-state index in [0.29, 0.717) is 17.2 Å². The fourth-order valence-electron chi connectivity index (χ4n) is 2.58. The number of hydrogen-bond donors (Lipinski definition) is 1. The van der Waals surface area contributed by atoms with Gasteiger partial charge in [-0.25, -0.2) is 4.98 Å². The third kappa shape index (κ3) is 3.27. The Hall–Kier alpha value is -1.40. The number of hydrogen-bond acceptors (Lipinski definition) is 5. The summed E-state index contributed by atoms with van der Waals surface area (Å²) >= 11 is 5.92. The summed E-state index contributed by atoms with van der Waals surface area (Å²) in [4.78, 5) is 22.5. The molecule has 0 radical (unpaired) electrons. The van der Waals surface area contributed by atoms with Crippen LogP contribution in [0.2, 0.25) is 5.28 Å². The zero-order valence-electron chi connectivity index (χ0n) is 13.2. The van der Waals surface area contributed by atoms with Crippen LogP contribution in [0, 0.1) is 6.92 Å². The van der Waals surface area contributed by atoms with Crippen LogP contribution in [0.4, 0.5) is 11.5 Å². The number of carbonyl (C=O) groups is 1. The maximum absolute atomic E-state index is 12.4. The Balaban J connectivity index is 2.37. The summed E-state index contributed by atoms with van der Waals surface area (Å²) in [6, 6.07) is -0.470. The molecule has 0 spiro atoms. The molecule has 116 valence electrons. The molecule has 0 saturated carbocycles. The summed E-state index contributed by atoms with van der Waals surface area (Å²) in [5.74, 6) is 0.484. The zero-order chi connectivity index (χ0) is 15.9. The van der Waals surface area contributed by atoms with E-state index in [0.717, 1.165) is 0 Å². The molecule has 7 heteroatoms. The van der Waals surface area contributed by atoms with E-state index in [9.17, 15) is 4.79 Å². The van der Waals surface area contributed by atoms with Gasteiger partial charge in [-0.05, 0) is 46.2 Å². The van der Waals surface area contributed by atoms with E-state index in [-0.39, 0.29) is 22.9 Å². The van der Waals surface area contributed by atoms with Crippen molar-refractivity contribution < 1.29 is 9.53 Å². The van der Waals surface area contributed by atoms with Crippen LogP contribution >= 0.6 is 11.6 Å². The van der Waals surface area contributed by atoms with Crippen LogP contribution in [0.1, 0.15) is 33.4 Å². The van der Waals surface area contributed by atoms with Gasteiger partial charge in [0.05, 0.1) is 17.4 Å². The molecule has 0 aromatic carbocycles. The summed E-state index contributed by atoms with van der Waals surface area (Å²) in [6.45, 7) is 9.55. The van der Waals surface area contributed by atoms with Gasteiger partial charge in [-0.1, -0.05) is 0 Å². The molecule has 1 aromatic rings. The topological polar surface area (TPSA) is 67.3 Å². The van der Waals surface area contributed by atoms with Crippen LogP contribution in [0.25, 0.3) is 0 Å². The second-order valence-electron chi connectivity index (χ2n) is 6.26. The SMILES string of the molecule is Cc1nc(Cl)nc2c1NC(=O)[C@H]([C@@H](C)OC(C)(C)C)N2C. The van der Waals surface area contributed by atoms with E-state index in [1.54, 1.807) is 11.8 Å². The largest absolute Gasteiger partial charge is 0.370 e. The number of fused-ring (bicyclic) bond motifs is 1. The van der Waals surface area contributed by atoms with Crippen molar-refractivity contribution in [2.45, 2.75) is 52.4 Å². The minimum absolute atomic E-state index is 0.129. The van der Waals surface area contributed by atoms with Gasteiger partial charge in [-0.2, -0.15) is 4.98 Å². The van der Waals surface area contributed by atoms with Gasteiger partial charge in [-0.15, -0.1) is 0 Å². The van der Waals surface area contributed by atoms with Gasteiger partial charge in [0.2, 0.25) is 11.2 Å². The number of anilines is 2. The Morgan fingerprint density at radius 3 is 2.57 bits per heavy atom. The van der Waals surface area contributed by atoms with Crippen LogP contribution < -0.4 is 10.2 Å². The van der Waals surface area contributed by atoms with Crippen molar-refractivity contribution in [1.82, 2.24) is 9.97 Å². The Morgan fingerprint density at radius 2 is 2.00 bits per heavy atom. The number of likely N-dealkylation sites (N-methyl/N-ethyl adjacent to an activating group) is 1. The van der Waals surface area contributed by atoms with Crippen molar-refractivity contribution in [3.05, 3.63) is 11.0 Å². The minimum Gasteiger partial charge on any atom is -0.370 e. The molecule has 0 fully saturated rings. The molecule has 0 bridgehead atoms. The standard InChI is InChI=1S/C14H21ClN4O2/c1-7-9-11(18-13(15)16-7)19(6)10(12(20)17-9)8(2)21-14(3,4)5/h8,10H,1-6H3,(H,17,20)/t8-,10+/m1/s1. The van der Waals surface area contributed by atoms with Crippen LogP contribution in [0.15, 0.2) is 0 Å². The summed E-state index contributed by atoms with van der Waals surface area (Å²) in [7, 11) is 1.81. The van der Waals surface area contributed by atoms with E-state index in [1.165, 1.54) is 0 Å². The Labute approximate surface area is 129 Å². The number of nitrogens with zero attached hydrogens (tertiary/aromatic N) is 3. The van der Waals surface area contributed by atoms with Gasteiger partial charge in [0.15, 0.2) is 5.82 Å². The number of carbonyl (C=O) groups excluding carboxylic acids is 1. The second-order valence-corrected chi connectivity index (χ2v) is 6.60. The highest BCUT2D eigenvalue weighted by Gasteiger charge is 2.38. The first-order valence-corrected chi connectivity index (χ1v) is 7.23. The van der Waals surface area contributed by atoms with Gasteiger partial charge in [0, 0.05) is 7.05 Å². The van der Waals surface area contributed by atoms with Crippen molar-refractivity contribution in [2.24, 2.45) is 0 Å². The predicted octanol–water partition coefficient (Wildman–Crippen LogP) is 2.40. The Bertz CT molecular complexity index is 571. The van der Waals surface area contributed by atoms with Gasteiger partial charge in [0.1, 0.15) is 11.7 Å². The summed E-state index contributed by atoms with van der Waals surface area (Å²) in [5.41, 5.74) is 0.916. The maximum atomic E-state index is 12.4. The highest BCUT2D eigenvalue weighted by molar-refractivity contribution is 6.28. The predicted molar refractivity (Wildman–Crippen MR) is 82.9 cm³/mol. The Morgan fingerprint density at radius 1 is 1.38 bits per heavy atom. The normalized spacial score (nSPS) is 20.0. The lowest BCUT2D eigenvalue weighted by Gasteiger charge is -2.39. The minimum atomic E-state index is -0.470. The van der Waals surface area contributed by atoms with Crippen molar-refractivity contribution in [3.8, 4) is 0 Å². The molecule has 1 aliphatic heterocycles. The van der Waals surface area contributed by atoms with Crippen LogP contribution in [-0.2, 0) is 9.53 Å². The molecule has 21 heavy (non-hydrogen) atoms. The number of rotatable bonds is 2. The molecule has 1 aliphatic rings. The number of nitrogens with one attached hydrogen (secondary N) is 1. The molecule has 0 aliphatic carbocycles. The maximum Gasteiger partial charge on any atom is 0.249 e. The molecule has 2 heterocycles. The van der Waals surface area contributed by atoms with Crippen LogP contribution in [0.3, 0.4) is 0 Å². The van der Waals surface area contributed by atoms with Crippen LogP contribution in [0.5, 0.6) is 0 Å². The van der Waals surface area contributed by atoms with Crippen LogP contribution in [-0.4, -0.2) is 40.7 Å². The number of ether oxygens (including phenoxy) is 1. The van der Waals surface area contributed by atoms with E-state index < -0.39 is 6.04 Å². The first-order valence-electron chi connectivity index (χ1n) is 6.86. The van der Waals surface area contributed by atoms with Crippen molar-refractivity contribution in [3.63, 3.8) is 0 Å². The number of amides is 1. The molecule has 1 aromatic heterocycles. The van der Waals surface area contributed by atoms with Gasteiger partial charge >= 0.3 is 0 Å². The number of aromatic nitrogens is 2. The molecule has 2 atom stereocenters. The lowest BCUT2D eigenvalue weighted by molar-refractivity contribution is -0.124. The van der Waals surface area contributed by atoms with E-state index >= 15 is 0 Å². The summed E-state index contributed by atoms with van der Waals surface area (Å²) in [6.07, 6.45) is -0.294. The number of halogens is 1. The zero-order valence-corrected chi connectivity index (χ0v) is 13.9. The average molecular weight is 313 g/mol. The van der Waals surface area contributed by atoms with Crippen molar-refractivity contribution in [2.75, 3.05) is 17.3 Å². The first kappa shape index (κ1) is 16.0. The van der Waals surface area contributed by atoms with Gasteiger partial charge in [0.25, 0.3) is 0 Å². The molecule has 1 amide bonds. The van der Waals surface area contributed by atoms with Crippen molar-refractivity contribution >= 4 is 29.0 Å².